The van der Waals surface area contributed by atoms with Gasteiger partial charge in [0.2, 0.25) is 0 Å². The molecule has 1 saturated heterocycles. The van der Waals surface area contributed by atoms with Crippen LogP contribution in [-0.2, 0) is 4.74 Å². The molecule has 1 aliphatic carbocycles. The molecule has 1 nitrogen and oxygen atoms in total. The molecule has 0 bridgehead atoms. The van der Waals surface area contributed by atoms with E-state index < -0.39 is 0 Å². The molecule has 2 aliphatic rings. The van der Waals surface area contributed by atoms with Crippen LogP contribution in [0, 0.1) is 5.92 Å². The van der Waals surface area contributed by atoms with E-state index in [0.29, 0.717) is 12.2 Å². The Labute approximate surface area is 63.9 Å². The second-order valence-corrected chi connectivity index (χ2v) is 3.63. The standard InChI is InChI=1S/C7H11BrO/c8-4-5-2-1-3-6-7(5)9-6/h5-7H,1-4H2. The number of rotatable bonds is 1. The van der Waals surface area contributed by atoms with E-state index in [-0.39, 0.29) is 0 Å². The summed E-state index contributed by atoms with van der Waals surface area (Å²) >= 11 is 3.50. The summed E-state index contributed by atoms with van der Waals surface area (Å²) < 4.78 is 5.45. The highest BCUT2D eigenvalue weighted by Gasteiger charge is 2.46. The molecule has 2 heteroatoms. The van der Waals surface area contributed by atoms with Crippen LogP contribution in [0.4, 0.5) is 0 Å². The van der Waals surface area contributed by atoms with Crippen molar-refractivity contribution in [1.82, 2.24) is 0 Å². The summed E-state index contributed by atoms with van der Waals surface area (Å²) in [6.07, 6.45) is 5.34. The summed E-state index contributed by atoms with van der Waals surface area (Å²) in [6.45, 7) is 0. The zero-order valence-electron chi connectivity index (χ0n) is 5.35. The Kier molecular flexibility index (Phi) is 1.54. The monoisotopic (exact) mass is 190 g/mol. The highest BCUT2D eigenvalue weighted by atomic mass is 79.9. The molecular formula is C7H11BrO. The molecule has 1 heterocycles. The van der Waals surface area contributed by atoms with Crippen LogP contribution in [0.5, 0.6) is 0 Å². The summed E-state index contributed by atoms with van der Waals surface area (Å²) in [5.74, 6) is 0.823. The number of halogens is 1. The van der Waals surface area contributed by atoms with Gasteiger partial charge in [-0.15, -0.1) is 0 Å². The van der Waals surface area contributed by atoms with E-state index in [1.165, 1.54) is 19.3 Å². The predicted molar refractivity (Wildman–Crippen MR) is 39.8 cm³/mol. The third-order valence-electron chi connectivity index (χ3n) is 2.35. The lowest BCUT2D eigenvalue weighted by atomic mass is 9.91. The summed E-state index contributed by atoms with van der Waals surface area (Å²) in [4.78, 5) is 0. The number of hydrogen-bond donors (Lipinski definition) is 0. The van der Waals surface area contributed by atoms with E-state index >= 15 is 0 Å². The third-order valence-corrected chi connectivity index (χ3v) is 3.18. The van der Waals surface area contributed by atoms with Gasteiger partial charge in [0.25, 0.3) is 0 Å². The van der Waals surface area contributed by atoms with E-state index in [2.05, 4.69) is 15.9 Å². The van der Waals surface area contributed by atoms with Gasteiger partial charge in [-0.3, -0.25) is 0 Å². The normalized spacial score (nSPS) is 48.3. The van der Waals surface area contributed by atoms with Crippen molar-refractivity contribution < 1.29 is 4.74 Å². The predicted octanol–water partition coefficient (Wildman–Crippen LogP) is 1.95. The minimum atomic E-state index is 0.637. The summed E-state index contributed by atoms with van der Waals surface area (Å²) in [5, 5.41) is 1.13. The van der Waals surface area contributed by atoms with Gasteiger partial charge >= 0.3 is 0 Å². The van der Waals surface area contributed by atoms with Gasteiger partial charge in [0.1, 0.15) is 0 Å². The van der Waals surface area contributed by atoms with E-state index in [1.807, 2.05) is 0 Å². The van der Waals surface area contributed by atoms with Crippen molar-refractivity contribution in [2.75, 3.05) is 5.33 Å². The molecule has 9 heavy (non-hydrogen) atoms. The lowest BCUT2D eigenvalue weighted by molar-refractivity contribution is 0.339. The molecule has 2 fully saturated rings. The molecule has 0 aromatic carbocycles. The van der Waals surface area contributed by atoms with Gasteiger partial charge in [0.05, 0.1) is 12.2 Å². The Balaban J connectivity index is 1.93. The van der Waals surface area contributed by atoms with Gasteiger partial charge < -0.3 is 4.74 Å². The van der Waals surface area contributed by atoms with Gasteiger partial charge in [-0.25, -0.2) is 0 Å². The molecule has 1 saturated carbocycles. The largest absolute Gasteiger partial charge is 0.369 e. The first-order valence-corrected chi connectivity index (χ1v) is 4.75. The van der Waals surface area contributed by atoms with Gasteiger partial charge in [0.15, 0.2) is 0 Å². The lowest BCUT2D eigenvalue weighted by Gasteiger charge is -2.13. The Morgan fingerprint density at radius 1 is 1.44 bits per heavy atom. The molecule has 0 amide bonds. The second kappa shape index (κ2) is 2.24. The average Bonchev–Trinajstić information content (AvgIpc) is 2.64. The van der Waals surface area contributed by atoms with E-state index in [0.717, 1.165) is 11.2 Å². The molecular weight excluding hydrogens is 180 g/mol. The first-order valence-electron chi connectivity index (χ1n) is 3.63. The van der Waals surface area contributed by atoms with Gasteiger partial charge in [-0.2, -0.15) is 0 Å². The fraction of sp³-hybridized carbons (Fsp3) is 1.00. The van der Waals surface area contributed by atoms with Crippen LogP contribution < -0.4 is 0 Å². The maximum absolute atomic E-state index is 5.45. The van der Waals surface area contributed by atoms with E-state index in [4.69, 9.17) is 4.74 Å². The first-order chi connectivity index (χ1) is 4.42. The van der Waals surface area contributed by atoms with Crippen molar-refractivity contribution in [2.45, 2.75) is 31.5 Å². The molecule has 3 unspecified atom stereocenters. The Morgan fingerprint density at radius 2 is 2.33 bits per heavy atom. The molecule has 1 aliphatic heterocycles. The average molecular weight is 191 g/mol. The highest BCUT2D eigenvalue weighted by Crippen LogP contribution is 2.41. The Bertz CT molecular complexity index is 115. The van der Waals surface area contributed by atoms with E-state index in [1.54, 1.807) is 0 Å². The van der Waals surface area contributed by atoms with Crippen LogP contribution in [0.1, 0.15) is 19.3 Å². The van der Waals surface area contributed by atoms with Crippen molar-refractivity contribution in [3.8, 4) is 0 Å². The minimum absolute atomic E-state index is 0.637. The van der Waals surface area contributed by atoms with Crippen molar-refractivity contribution in [3.63, 3.8) is 0 Å². The van der Waals surface area contributed by atoms with Crippen LogP contribution in [0.3, 0.4) is 0 Å². The number of epoxide rings is 1. The molecule has 0 radical (unpaired) electrons. The SMILES string of the molecule is BrCC1CCCC2OC12. The zero-order valence-corrected chi connectivity index (χ0v) is 6.93. The molecule has 2 rings (SSSR count). The molecule has 3 atom stereocenters. The molecule has 0 N–H and O–H groups in total. The van der Waals surface area contributed by atoms with E-state index in [9.17, 15) is 0 Å². The smallest absolute Gasteiger partial charge is 0.0877 e. The molecule has 0 aromatic rings. The van der Waals surface area contributed by atoms with Crippen LogP contribution in [0.15, 0.2) is 0 Å². The van der Waals surface area contributed by atoms with Crippen molar-refractivity contribution in [1.29, 1.82) is 0 Å². The zero-order chi connectivity index (χ0) is 6.27. The highest BCUT2D eigenvalue weighted by molar-refractivity contribution is 9.09. The Hall–Kier alpha value is 0.440. The quantitative estimate of drug-likeness (QED) is 0.455. The molecule has 0 aromatic heterocycles. The van der Waals surface area contributed by atoms with Crippen LogP contribution in [-0.4, -0.2) is 17.5 Å². The summed E-state index contributed by atoms with van der Waals surface area (Å²) in [7, 11) is 0. The first kappa shape index (κ1) is 6.17. The number of fused-ring (bicyclic) bond motifs is 1. The maximum atomic E-state index is 5.45. The van der Waals surface area contributed by atoms with Crippen LogP contribution in [0.2, 0.25) is 0 Å². The Morgan fingerprint density at radius 3 is 3.00 bits per heavy atom. The van der Waals surface area contributed by atoms with Gasteiger partial charge in [-0.05, 0) is 18.8 Å². The second-order valence-electron chi connectivity index (χ2n) is 2.98. The minimum Gasteiger partial charge on any atom is -0.369 e. The molecule has 0 spiro atoms. The summed E-state index contributed by atoms with van der Waals surface area (Å²) in [5.41, 5.74) is 0. The van der Waals surface area contributed by atoms with Gasteiger partial charge in [-0.1, -0.05) is 22.4 Å². The topological polar surface area (TPSA) is 12.5 Å². The molecule has 52 valence electrons. The van der Waals surface area contributed by atoms with Crippen LogP contribution in [0.25, 0.3) is 0 Å². The third kappa shape index (κ3) is 1.03. The number of ether oxygens (including phenoxy) is 1. The van der Waals surface area contributed by atoms with Crippen molar-refractivity contribution in [2.24, 2.45) is 5.92 Å². The number of alkyl halides is 1. The van der Waals surface area contributed by atoms with Crippen molar-refractivity contribution >= 4 is 15.9 Å². The fourth-order valence-electron chi connectivity index (χ4n) is 1.71. The fourth-order valence-corrected chi connectivity index (χ4v) is 2.41. The van der Waals surface area contributed by atoms with Gasteiger partial charge in [0, 0.05) is 5.33 Å². The number of hydrogen-bond acceptors (Lipinski definition) is 1. The maximum Gasteiger partial charge on any atom is 0.0877 e. The lowest BCUT2D eigenvalue weighted by Crippen LogP contribution is -2.16. The van der Waals surface area contributed by atoms with Crippen molar-refractivity contribution in [3.05, 3.63) is 0 Å². The van der Waals surface area contributed by atoms with Crippen LogP contribution >= 0.6 is 15.9 Å². The summed E-state index contributed by atoms with van der Waals surface area (Å²) in [6, 6.07) is 0.